The van der Waals surface area contributed by atoms with Crippen LogP contribution in [0.1, 0.15) is 25.7 Å². The number of methoxy groups -OCH3 is 1. The molecular weight excluding hydrogens is 514 g/mol. The smallest absolute Gasteiger partial charge is 0.258 e. The van der Waals surface area contributed by atoms with Crippen molar-refractivity contribution in [1.82, 2.24) is 5.32 Å². The molecule has 2 N–H and O–H groups in total. The molecule has 3 saturated carbocycles. The monoisotopic (exact) mass is 538 g/mol. The summed E-state index contributed by atoms with van der Waals surface area (Å²) < 4.78 is 29.3. The highest BCUT2D eigenvalue weighted by Gasteiger charge is 2.68. The van der Waals surface area contributed by atoms with Gasteiger partial charge in [0.15, 0.2) is 12.4 Å². The lowest BCUT2D eigenvalue weighted by Crippen LogP contribution is -2.75. The van der Waals surface area contributed by atoms with Crippen LogP contribution in [0.5, 0.6) is 11.5 Å². The van der Waals surface area contributed by atoms with E-state index >= 15 is 0 Å². The number of Topliss-reactive ketones (excluding diaryl/α,β-unsaturated/α-hetero) is 1. The number of carbonyl (C=O) groups is 3. The summed E-state index contributed by atoms with van der Waals surface area (Å²) in [5.41, 5.74) is -0.116. The molecule has 0 spiro atoms. The highest BCUT2D eigenvalue weighted by Crippen LogP contribution is 2.69. The van der Waals surface area contributed by atoms with Crippen LogP contribution in [0.4, 0.5) is 10.1 Å². The summed E-state index contributed by atoms with van der Waals surface area (Å²) in [5.74, 6) is -0.821. The van der Waals surface area contributed by atoms with Crippen molar-refractivity contribution in [3.63, 3.8) is 0 Å². The van der Waals surface area contributed by atoms with Crippen LogP contribution in [0, 0.1) is 11.2 Å². The standard InChI is InChI=1S/C25H25Cl2FN2O6/c1-34-10-22(32)29-20-6-15(26)2-5-21(20)36-11-23(33)30-25-12-24(13-25,14-25)8-16(31)9-35-17-3-4-18(27)19(28)7-17/h2-7H,8-14H2,1H3,(H,29,32)(H,30,33). The van der Waals surface area contributed by atoms with Crippen molar-refractivity contribution in [3.8, 4) is 11.5 Å². The largest absolute Gasteiger partial charge is 0.486 e. The maximum absolute atomic E-state index is 13.5. The van der Waals surface area contributed by atoms with Crippen LogP contribution in [0.2, 0.25) is 10.0 Å². The first-order valence-electron chi connectivity index (χ1n) is 11.2. The van der Waals surface area contributed by atoms with Gasteiger partial charge in [-0.15, -0.1) is 0 Å². The van der Waals surface area contributed by atoms with Gasteiger partial charge < -0.3 is 24.8 Å². The fourth-order valence-electron chi connectivity index (χ4n) is 5.04. The van der Waals surface area contributed by atoms with Gasteiger partial charge in [0.05, 0.1) is 10.7 Å². The molecule has 2 bridgehead atoms. The van der Waals surface area contributed by atoms with E-state index in [-0.39, 0.29) is 59.1 Å². The molecule has 0 radical (unpaired) electrons. The van der Waals surface area contributed by atoms with E-state index in [4.69, 9.17) is 37.4 Å². The summed E-state index contributed by atoms with van der Waals surface area (Å²) >= 11 is 11.6. The molecule has 0 heterocycles. The van der Waals surface area contributed by atoms with Gasteiger partial charge in [-0.1, -0.05) is 23.2 Å². The highest BCUT2D eigenvalue weighted by atomic mass is 35.5. The topological polar surface area (TPSA) is 103 Å². The van der Waals surface area contributed by atoms with E-state index in [0.717, 1.165) is 6.07 Å². The van der Waals surface area contributed by atoms with Gasteiger partial charge in [0.2, 0.25) is 5.91 Å². The third-order valence-corrected chi connectivity index (χ3v) is 6.80. The Balaban J connectivity index is 1.20. The van der Waals surface area contributed by atoms with Crippen molar-refractivity contribution < 1.29 is 33.0 Å². The maximum Gasteiger partial charge on any atom is 0.258 e. The molecule has 0 unspecified atom stereocenters. The summed E-state index contributed by atoms with van der Waals surface area (Å²) in [7, 11) is 1.40. The number of halogens is 3. The van der Waals surface area contributed by atoms with Crippen molar-refractivity contribution in [2.75, 3.05) is 32.2 Å². The molecule has 2 amide bonds. The van der Waals surface area contributed by atoms with Crippen LogP contribution in [0.15, 0.2) is 36.4 Å². The molecule has 11 heteroatoms. The zero-order valence-corrected chi connectivity index (χ0v) is 21.0. The van der Waals surface area contributed by atoms with Gasteiger partial charge in [-0.2, -0.15) is 0 Å². The van der Waals surface area contributed by atoms with Crippen molar-refractivity contribution in [2.24, 2.45) is 5.41 Å². The lowest BCUT2D eigenvalue weighted by atomic mass is 9.38. The van der Waals surface area contributed by atoms with E-state index in [2.05, 4.69) is 10.6 Å². The van der Waals surface area contributed by atoms with E-state index in [0.29, 0.717) is 42.1 Å². The molecule has 3 aliphatic rings. The number of ether oxygens (including phenoxy) is 3. The number of carbonyl (C=O) groups excluding carboxylic acids is 3. The molecule has 0 aliphatic heterocycles. The summed E-state index contributed by atoms with van der Waals surface area (Å²) in [6, 6.07) is 8.71. The Morgan fingerprint density at radius 1 is 0.972 bits per heavy atom. The zero-order valence-electron chi connectivity index (χ0n) is 19.5. The van der Waals surface area contributed by atoms with E-state index in [1.807, 2.05) is 0 Å². The van der Waals surface area contributed by atoms with Crippen molar-refractivity contribution in [2.45, 2.75) is 31.2 Å². The van der Waals surface area contributed by atoms with Gasteiger partial charge in [0.1, 0.15) is 30.5 Å². The summed E-state index contributed by atoms with van der Waals surface area (Å²) in [4.78, 5) is 36.7. The number of benzene rings is 2. The van der Waals surface area contributed by atoms with Crippen LogP contribution < -0.4 is 20.1 Å². The predicted molar refractivity (Wildman–Crippen MR) is 131 cm³/mol. The summed E-state index contributed by atoms with van der Waals surface area (Å²) in [6.07, 6.45) is 2.44. The molecule has 36 heavy (non-hydrogen) atoms. The summed E-state index contributed by atoms with van der Waals surface area (Å²) in [6.45, 7) is -0.528. The second-order valence-corrected chi connectivity index (χ2v) is 10.2. The Labute approximate surface area is 217 Å². The van der Waals surface area contributed by atoms with Gasteiger partial charge in [0, 0.05) is 30.2 Å². The number of nitrogens with one attached hydrogen (secondary N) is 2. The van der Waals surface area contributed by atoms with Crippen LogP contribution >= 0.6 is 23.2 Å². The molecule has 192 valence electrons. The zero-order chi connectivity index (χ0) is 25.9. The van der Waals surface area contributed by atoms with Crippen molar-refractivity contribution in [1.29, 1.82) is 0 Å². The van der Waals surface area contributed by atoms with Gasteiger partial charge in [0.25, 0.3) is 5.91 Å². The van der Waals surface area contributed by atoms with Crippen molar-refractivity contribution in [3.05, 3.63) is 52.3 Å². The fourth-order valence-corrected chi connectivity index (χ4v) is 5.33. The Bertz CT molecular complexity index is 1170. The Hall–Kier alpha value is -2.88. The van der Waals surface area contributed by atoms with Crippen LogP contribution in [0.25, 0.3) is 0 Å². The van der Waals surface area contributed by atoms with Gasteiger partial charge in [-0.3, -0.25) is 14.4 Å². The molecule has 3 fully saturated rings. The van der Waals surface area contributed by atoms with Crippen molar-refractivity contribution >= 4 is 46.5 Å². The predicted octanol–water partition coefficient (Wildman–Crippen LogP) is 4.17. The average molecular weight is 539 g/mol. The van der Waals surface area contributed by atoms with Crippen LogP contribution in [0.3, 0.4) is 0 Å². The van der Waals surface area contributed by atoms with Crippen LogP contribution in [-0.2, 0) is 19.1 Å². The third kappa shape index (κ3) is 6.08. The maximum atomic E-state index is 13.5. The number of hydrogen-bond acceptors (Lipinski definition) is 6. The van der Waals surface area contributed by atoms with E-state index < -0.39 is 5.82 Å². The van der Waals surface area contributed by atoms with E-state index in [1.165, 1.54) is 25.3 Å². The number of amides is 2. The number of ketones is 1. The lowest BCUT2D eigenvalue weighted by molar-refractivity contribution is -0.173. The molecular formula is C25H25Cl2FN2O6. The second kappa shape index (κ2) is 10.6. The third-order valence-electron chi connectivity index (χ3n) is 6.26. The molecule has 5 rings (SSSR count). The molecule has 0 aromatic heterocycles. The quantitative estimate of drug-likeness (QED) is 0.420. The number of hydrogen-bond donors (Lipinski definition) is 2. The Kier molecular flexibility index (Phi) is 7.73. The Morgan fingerprint density at radius 2 is 1.72 bits per heavy atom. The summed E-state index contributed by atoms with van der Waals surface area (Å²) in [5, 5.41) is 6.02. The molecule has 8 nitrogen and oxygen atoms in total. The van der Waals surface area contributed by atoms with Gasteiger partial charge in [-0.25, -0.2) is 4.39 Å². The molecule has 2 aromatic rings. The first-order chi connectivity index (χ1) is 17.1. The fraction of sp³-hybridized carbons (Fsp3) is 0.400. The highest BCUT2D eigenvalue weighted by molar-refractivity contribution is 6.31. The average Bonchev–Trinajstić information content (AvgIpc) is 2.77. The minimum atomic E-state index is -0.606. The van der Waals surface area contributed by atoms with Crippen LogP contribution in [-0.4, -0.2) is 50.1 Å². The second-order valence-electron chi connectivity index (χ2n) is 9.35. The lowest BCUT2D eigenvalue weighted by Gasteiger charge is -2.70. The normalized spacial score (nSPS) is 21.6. The van der Waals surface area contributed by atoms with E-state index in [9.17, 15) is 18.8 Å². The molecule has 0 saturated heterocycles. The van der Waals surface area contributed by atoms with Gasteiger partial charge >= 0.3 is 0 Å². The minimum absolute atomic E-state index is 0.0114. The number of anilines is 1. The number of rotatable bonds is 12. The first kappa shape index (κ1) is 26.2. The molecule has 0 atom stereocenters. The minimum Gasteiger partial charge on any atom is -0.486 e. The molecule has 3 aliphatic carbocycles. The molecule has 2 aromatic carbocycles. The van der Waals surface area contributed by atoms with E-state index in [1.54, 1.807) is 12.1 Å². The SMILES string of the molecule is COCC(=O)Nc1cc(Cl)ccc1OCC(=O)NC12CC(CC(=O)COc3ccc(Cl)c(F)c3)(C1)C2. The first-order valence-corrected chi connectivity index (χ1v) is 12.0. The Morgan fingerprint density at radius 3 is 2.42 bits per heavy atom. The van der Waals surface area contributed by atoms with Gasteiger partial charge in [-0.05, 0) is 55.0 Å².